The largest absolute Gasteiger partial charge is 0.507 e. The molecule has 0 spiro atoms. The molecule has 0 aliphatic heterocycles. The summed E-state index contributed by atoms with van der Waals surface area (Å²) in [6.45, 7) is 3.64. The van der Waals surface area contributed by atoms with Crippen molar-refractivity contribution in [1.29, 1.82) is 0 Å². The molecule has 3 aromatic rings. The fraction of sp³-hybridized carbons (Fsp3) is 0.125. The van der Waals surface area contributed by atoms with Gasteiger partial charge >= 0.3 is 5.97 Å². The summed E-state index contributed by atoms with van der Waals surface area (Å²) in [5, 5.41) is 21.6. The first-order chi connectivity index (χ1) is 9.95. The van der Waals surface area contributed by atoms with Gasteiger partial charge in [-0.25, -0.2) is 9.78 Å². The number of fused-ring (bicyclic) bond motifs is 1. The van der Waals surface area contributed by atoms with Crippen LogP contribution in [0, 0.1) is 13.8 Å². The number of thiazole rings is 1. The molecule has 0 saturated heterocycles. The van der Waals surface area contributed by atoms with E-state index < -0.39 is 5.97 Å². The molecule has 0 unspecified atom stereocenters. The number of aromatic carboxylic acids is 1. The first-order valence-corrected chi connectivity index (χ1v) is 7.22. The van der Waals surface area contributed by atoms with Crippen molar-refractivity contribution in [3.8, 4) is 16.3 Å². The van der Waals surface area contributed by atoms with Crippen molar-refractivity contribution in [2.24, 2.45) is 0 Å². The van der Waals surface area contributed by atoms with Gasteiger partial charge in [0.15, 0.2) is 0 Å². The Bertz CT molecular complexity index is 867. The lowest BCUT2D eigenvalue weighted by Gasteiger charge is -2.05. The molecule has 5 heteroatoms. The van der Waals surface area contributed by atoms with Crippen molar-refractivity contribution < 1.29 is 15.0 Å². The highest BCUT2D eigenvalue weighted by Crippen LogP contribution is 2.35. The number of phenols is 1. The summed E-state index contributed by atoms with van der Waals surface area (Å²) in [5.74, 6) is -0.798. The molecule has 3 rings (SSSR count). The van der Waals surface area contributed by atoms with Gasteiger partial charge in [-0.15, -0.1) is 11.3 Å². The number of carbonyl (C=O) groups is 1. The highest BCUT2D eigenvalue weighted by Gasteiger charge is 2.16. The quantitative estimate of drug-likeness (QED) is 0.750. The number of nitrogens with zero attached hydrogens (tertiary/aromatic N) is 1. The zero-order valence-electron chi connectivity index (χ0n) is 11.5. The third-order valence-electron chi connectivity index (χ3n) is 3.33. The van der Waals surface area contributed by atoms with E-state index in [1.54, 1.807) is 13.0 Å². The van der Waals surface area contributed by atoms with Crippen LogP contribution in [0.2, 0.25) is 0 Å². The number of carboxylic acid groups (broad SMARTS) is 1. The number of carboxylic acids is 1. The molecule has 0 radical (unpaired) electrons. The maximum Gasteiger partial charge on any atom is 0.347 e. The molecule has 0 amide bonds. The Morgan fingerprint density at radius 2 is 1.95 bits per heavy atom. The lowest BCUT2D eigenvalue weighted by atomic mass is 10.0. The fourth-order valence-electron chi connectivity index (χ4n) is 2.29. The topological polar surface area (TPSA) is 70.4 Å². The number of aromatic nitrogens is 1. The first-order valence-electron chi connectivity index (χ1n) is 6.40. The van der Waals surface area contributed by atoms with Crippen molar-refractivity contribution in [2.75, 3.05) is 0 Å². The van der Waals surface area contributed by atoms with Crippen molar-refractivity contribution >= 4 is 28.1 Å². The summed E-state index contributed by atoms with van der Waals surface area (Å²) in [5.41, 5.74) is 2.29. The van der Waals surface area contributed by atoms with E-state index in [0.29, 0.717) is 10.7 Å². The third-order valence-corrected chi connectivity index (χ3v) is 4.52. The van der Waals surface area contributed by atoms with Crippen LogP contribution in [0.4, 0.5) is 0 Å². The number of phenolic OH excluding ortho intramolecular Hbond substituents is 1. The van der Waals surface area contributed by atoms with E-state index in [4.69, 9.17) is 5.11 Å². The average molecular weight is 299 g/mol. The van der Waals surface area contributed by atoms with E-state index in [9.17, 15) is 9.90 Å². The number of benzene rings is 2. The SMILES string of the molecule is Cc1ccc2cc(-c3nc(C)c(C(=O)O)s3)cc(O)c2c1. The average Bonchev–Trinajstić information content (AvgIpc) is 2.81. The molecule has 2 aromatic carbocycles. The molecule has 0 fully saturated rings. The lowest BCUT2D eigenvalue weighted by molar-refractivity contribution is 0.0701. The maximum atomic E-state index is 11.1. The Hall–Kier alpha value is -2.40. The molecule has 0 saturated carbocycles. The summed E-state index contributed by atoms with van der Waals surface area (Å²) in [4.78, 5) is 15.6. The Labute approximate surface area is 125 Å². The number of rotatable bonds is 2. The molecule has 1 heterocycles. The van der Waals surface area contributed by atoms with Crippen LogP contribution in [0.3, 0.4) is 0 Å². The predicted molar refractivity (Wildman–Crippen MR) is 83.2 cm³/mol. The number of hydrogen-bond donors (Lipinski definition) is 2. The summed E-state index contributed by atoms with van der Waals surface area (Å²) >= 11 is 1.12. The van der Waals surface area contributed by atoms with Gasteiger partial charge in [0.25, 0.3) is 0 Å². The Kier molecular flexibility index (Phi) is 3.14. The van der Waals surface area contributed by atoms with Gasteiger partial charge < -0.3 is 10.2 Å². The van der Waals surface area contributed by atoms with E-state index >= 15 is 0 Å². The lowest BCUT2D eigenvalue weighted by Crippen LogP contribution is -1.94. The summed E-state index contributed by atoms with van der Waals surface area (Å²) in [6.07, 6.45) is 0. The van der Waals surface area contributed by atoms with Crippen LogP contribution in [0.25, 0.3) is 21.3 Å². The Morgan fingerprint density at radius 1 is 1.19 bits per heavy atom. The number of aromatic hydroxyl groups is 1. The van der Waals surface area contributed by atoms with Crippen molar-refractivity contribution in [3.63, 3.8) is 0 Å². The van der Waals surface area contributed by atoms with Crippen molar-refractivity contribution in [3.05, 3.63) is 46.5 Å². The second-order valence-electron chi connectivity index (χ2n) is 4.96. The summed E-state index contributed by atoms with van der Waals surface area (Å²) in [6, 6.07) is 9.38. The van der Waals surface area contributed by atoms with Crippen LogP contribution in [-0.2, 0) is 0 Å². The molecule has 106 valence electrons. The molecular weight excluding hydrogens is 286 g/mol. The van der Waals surface area contributed by atoms with Crippen LogP contribution in [0.15, 0.2) is 30.3 Å². The highest BCUT2D eigenvalue weighted by atomic mass is 32.1. The van der Waals surface area contributed by atoms with Gasteiger partial charge in [-0.2, -0.15) is 0 Å². The van der Waals surface area contributed by atoms with Crippen LogP contribution in [0.5, 0.6) is 5.75 Å². The van der Waals surface area contributed by atoms with Gasteiger partial charge in [0.05, 0.1) is 5.69 Å². The van der Waals surface area contributed by atoms with E-state index in [2.05, 4.69) is 4.98 Å². The van der Waals surface area contributed by atoms with Crippen LogP contribution in [0.1, 0.15) is 20.9 Å². The van der Waals surface area contributed by atoms with E-state index in [1.165, 1.54) is 0 Å². The maximum absolute atomic E-state index is 11.1. The van der Waals surface area contributed by atoms with Crippen LogP contribution in [-0.4, -0.2) is 21.2 Å². The van der Waals surface area contributed by atoms with Gasteiger partial charge in [0.1, 0.15) is 15.6 Å². The smallest absolute Gasteiger partial charge is 0.347 e. The van der Waals surface area contributed by atoms with Gasteiger partial charge in [0.2, 0.25) is 0 Å². The van der Waals surface area contributed by atoms with Gasteiger partial charge in [-0.3, -0.25) is 0 Å². The molecule has 2 N–H and O–H groups in total. The van der Waals surface area contributed by atoms with Gasteiger partial charge in [0, 0.05) is 10.9 Å². The molecular formula is C16H13NO3S. The predicted octanol–water partition coefficient (Wildman–Crippen LogP) is 3.98. The van der Waals surface area contributed by atoms with Crippen LogP contribution >= 0.6 is 11.3 Å². The minimum atomic E-state index is -0.975. The minimum absolute atomic E-state index is 0.177. The summed E-state index contributed by atoms with van der Waals surface area (Å²) < 4.78 is 0. The van der Waals surface area contributed by atoms with E-state index in [-0.39, 0.29) is 10.6 Å². The van der Waals surface area contributed by atoms with Gasteiger partial charge in [-0.1, -0.05) is 17.7 Å². The third kappa shape index (κ3) is 2.36. The minimum Gasteiger partial charge on any atom is -0.507 e. The standard InChI is InChI=1S/C16H13NO3S/c1-8-3-4-10-6-11(7-13(18)12(10)5-8)15-17-9(2)14(21-15)16(19)20/h3-7,18H,1-2H3,(H,19,20). The molecule has 1 aromatic heterocycles. The Morgan fingerprint density at radius 3 is 2.62 bits per heavy atom. The molecule has 0 atom stereocenters. The van der Waals surface area contributed by atoms with E-state index in [1.807, 2.05) is 31.2 Å². The monoisotopic (exact) mass is 299 g/mol. The molecule has 0 aliphatic carbocycles. The zero-order chi connectivity index (χ0) is 15.1. The zero-order valence-corrected chi connectivity index (χ0v) is 12.4. The number of aryl methyl sites for hydroxylation is 2. The summed E-state index contributed by atoms with van der Waals surface area (Å²) in [7, 11) is 0. The molecule has 21 heavy (non-hydrogen) atoms. The highest BCUT2D eigenvalue weighted by molar-refractivity contribution is 7.17. The second-order valence-corrected chi connectivity index (χ2v) is 5.96. The van der Waals surface area contributed by atoms with Crippen molar-refractivity contribution in [1.82, 2.24) is 4.98 Å². The molecule has 0 aliphatic rings. The fourth-order valence-corrected chi connectivity index (χ4v) is 3.19. The van der Waals surface area contributed by atoms with Crippen LogP contribution < -0.4 is 0 Å². The normalized spacial score (nSPS) is 11.0. The second kappa shape index (κ2) is 4.86. The number of hydrogen-bond acceptors (Lipinski definition) is 4. The Balaban J connectivity index is 2.19. The van der Waals surface area contributed by atoms with Crippen molar-refractivity contribution in [2.45, 2.75) is 13.8 Å². The van der Waals surface area contributed by atoms with Gasteiger partial charge in [-0.05, 0) is 37.4 Å². The molecule has 0 bridgehead atoms. The first kappa shape index (κ1) is 13.6. The van der Waals surface area contributed by atoms with E-state index in [0.717, 1.165) is 33.2 Å². The molecule has 4 nitrogen and oxygen atoms in total.